The average molecular weight is 280 g/mol. The Hall–Kier alpha value is -2.13. The molecular weight excluding hydrogens is 260 g/mol. The Balaban J connectivity index is 1.91. The Bertz CT molecular complexity index is 693. The highest BCUT2D eigenvalue weighted by molar-refractivity contribution is 5.74. The van der Waals surface area contributed by atoms with Crippen LogP contribution in [0, 0.1) is 6.92 Å². The van der Waals surface area contributed by atoms with E-state index in [-0.39, 0.29) is 11.9 Å². The van der Waals surface area contributed by atoms with Gasteiger partial charge in [-0.05, 0) is 34.7 Å². The molecule has 3 rings (SSSR count). The molecule has 0 spiro atoms. The van der Waals surface area contributed by atoms with Crippen molar-refractivity contribution in [1.29, 1.82) is 0 Å². The van der Waals surface area contributed by atoms with Gasteiger partial charge in [0.05, 0.1) is 6.04 Å². The van der Waals surface area contributed by atoms with Crippen LogP contribution in [0.4, 0.5) is 0 Å². The number of hydrogen-bond acceptors (Lipinski definition) is 2. The van der Waals surface area contributed by atoms with Gasteiger partial charge in [-0.25, -0.2) is 0 Å². The summed E-state index contributed by atoms with van der Waals surface area (Å²) < 4.78 is 0. The number of aryl methyl sites for hydroxylation is 1. The molecule has 2 aromatic rings. The smallest absolute Gasteiger partial charge is 0.220 e. The first kappa shape index (κ1) is 13.8. The van der Waals surface area contributed by atoms with Crippen molar-refractivity contribution in [2.24, 2.45) is 5.73 Å². The predicted octanol–water partition coefficient (Wildman–Crippen LogP) is 2.91. The Morgan fingerprint density at radius 1 is 1.14 bits per heavy atom. The van der Waals surface area contributed by atoms with Gasteiger partial charge in [-0.15, -0.1) is 0 Å². The topological polar surface area (TPSA) is 46.3 Å². The summed E-state index contributed by atoms with van der Waals surface area (Å²) in [6, 6.07) is 14.4. The van der Waals surface area contributed by atoms with Crippen molar-refractivity contribution in [3.8, 4) is 0 Å². The fourth-order valence-electron chi connectivity index (χ4n) is 2.95. The largest absolute Gasteiger partial charge is 0.334 e. The number of carbonyl (C=O) groups is 1. The number of rotatable bonds is 2. The van der Waals surface area contributed by atoms with Crippen molar-refractivity contribution in [2.45, 2.75) is 33.0 Å². The second kappa shape index (κ2) is 5.34. The van der Waals surface area contributed by atoms with E-state index in [0.717, 1.165) is 11.1 Å². The van der Waals surface area contributed by atoms with E-state index in [9.17, 15) is 4.79 Å². The van der Waals surface area contributed by atoms with E-state index in [4.69, 9.17) is 5.73 Å². The number of nitrogens with two attached hydrogens (primary N) is 1. The van der Waals surface area contributed by atoms with Crippen LogP contribution >= 0.6 is 0 Å². The lowest BCUT2D eigenvalue weighted by molar-refractivity contribution is -0.129. The van der Waals surface area contributed by atoms with Gasteiger partial charge in [-0.3, -0.25) is 4.79 Å². The Kier molecular flexibility index (Phi) is 3.52. The van der Waals surface area contributed by atoms with Crippen LogP contribution in [-0.4, -0.2) is 10.8 Å². The van der Waals surface area contributed by atoms with Crippen molar-refractivity contribution in [3.63, 3.8) is 0 Å². The van der Waals surface area contributed by atoms with Gasteiger partial charge in [0, 0.05) is 20.0 Å². The van der Waals surface area contributed by atoms with Crippen LogP contribution in [0.2, 0.25) is 0 Å². The molecule has 21 heavy (non-hydrogen) atoms. The van der Waals surface area contributed by atoms with Crippen LogP contribution in [0.3, 0.4) is 0 Å². The first-order chi connectivity index (χ1) is 10.1. The van der Waals surface area contributed by atoms with Crippen molar-refractivity contribution >= 4 is 5.91 Å². The minimum absolute atomic E-state index is 0.121. The summed E-state index contributed by atoms with van der Waals surface area (Å²) in [5, 5.41) is 0. The van der Waals surface area contributed by atoms with Gasteiger partial charge in [-0.1, -0.05) is 42.5 Å². The summed E-state index contributed by atoms with van der Waals surface area (Å²) in [5.41, 5.74) is 12.3. The maximum absolute atomic E-state index is 11.5. The zero-order valence-corrected chi connectivity index (χ0v) is 12.5. The van der Waals surface area contributed by atoms with Crippen molar-refractivity contribution < 1.29 is 4.79 Å². The van der Waals surface area contributed by atoms with Gasteiger partial charge in [0.1, 0.15) is 0 Å². The van der Waals surface area contributed by atoms with Gasteiger partial charge >= 0.3 is 0 Å². The number of fused-ring (bicyclic) bond motifs is 1. The summed E-state index contributed by atoms with van der Waals surface area (Å²) in [6.07, 6.45) is 0. The van der Waals surface area contributed by atoms with E-state index in [1.54, 1.807) is 6.92 Å². The third-order valence-corrected chi connectivity index (χ3v) is 4.28. The molecule has 2 aromatic carbocycles. The zero-order chi connectivity index (χ0) is 15.0. The van der Waals surface area contributed by atoms with E-state index in [1.165, 1.54) is 16.7 Å². The van der Waals surface area contributed by atoms with Gasteiger partial charge in [0.15, 0.2) is 0 Å². The minimum Gasteiger partial charge on any atom is -0.334 e. The first-order valence-corrected chi connectivity index (χ1v) is 7.24. The van der Waals surface area contributed by atoms with Crippen LogP contribution in [-0.2, 0) is 17.9 Å². The Morgan fingerprint density at radius 3 is 2.57 bits per heavy atom. The molecule has 1 amide bonds. The molecule has 0 saturated carbocycles. The normalized spacial score (nSPS) is 14.9. The summed E-state index contributed by atoms with van der Waals surface area (Å²) >= 11 is 0. The van der Waals surface area contributed by atoms with Crippen molar-refractivity contribution in [2.75, 3.05) is 0 Å². The zero-order valence-electron chi connectivity index (χ0n) is 12.5. The number of amides is 1. The van der Waals surface area contributed by atoms with E-state index >= 15 is 0 Å². The molecule has 3 nitrogen and oxygen atoms in total. The Morgan fingerprint density at radius 2 is 1.86 bits per heavy atom. The molecular formula is C18H20N2O. The van der Waals surface area contributed by atoms with Crippen LogP contribution < -0.4 is 5.73 Å². The highest BCUT2D eigenvalue weighted by atomic mass is 16.2. The second-order valence-electron chi connectivity index (χ2n) is 5.74. The van der Waals surface area contributed by atoms with Crippen LogP contribution in [0.5, 0.6) is 0 Å². The lowest BCUT2D eigenvalue weighted by Gasteiger charge is -2.16. The maximum Gasteiger partial charge on any atom is 0.220 e. The molecule has 1 atom stereocenters. The average Bonchev–Trinajstić information content (AvgIpc) is 2.90. The fraction of sp³-hybridized carbons (Fsp3) is 0.278. The number of hydrogen-bond donors (Lipinski definition) is 1. The van der Waals surface area contributed by atoms with Crippen molar-refractivity contribution in [3.05, 3.63) is 70.3 Å². The molecule has 3 heteroatoms. The standard InChI is InChI=1S/C18H20N2O/c1-12-5-3-4-6-17(12)18(19)14-7-8-15-10-20(13(2)21)11-16(15)9-14/h3-9,18H,10-11,19H2,1-2H3. The highest BCUT2D eigenvalue weighted by Crippen LogP contribution is 2.28. The lowest BCUT2D eigenvalue weighted by Crippen LogP contribution is -2.21. The van der Waals surface area contributed by atoms with Crippen LogP contribution in [0.1, 0.15) is 40.8 Å². The van der Waals surface area contributed by atoms with E-state index in [1.807, 2.05) is 17.0 Å². The third kappa shape index (κ3) is 2.57. The quantitative estimate of drug-likeness (QED) is 0.919. The molecule has 0 radical (unpaired) electrons. The molecule has 1 heterocycles. The predicted molar refractivity (Wildman–Crippen MR) is 83.6 cm³/mol. The highest BCUT2D eigenvalue weighted by Gasteiger charge is 2.22. The molecule has 0 fully saturated rings. The molecule has 1 aliphatic heterocycles. The Labute approximate surface area is 125 Å². The molecule has 108 valence electrons. The molecule has 2 N–H and O–H groups in total. The number of nitrogens with zero attached hydrogens (tertiary/aromatic N) is 1. The number of benzene rings is 2. The third-order valence-electron chi connectivity index (χ3n) is 4.28. The van der Waals surface area contributed by atoms with Gasteiger partial charge in [-0.2, -0.15) is 0 Å². The fourth-order valence-corrected chi connectivity index (χ4v) is 2.95. The van der Waals surface area contributed by atoms with Crippen LogP contribution in [0.15, 0.2) is 42.5 Å². The van der Waals surface area contributed by atoms with Gasteiger partial charge in [0.25, 0.3) is 0 Å². The summed E-state index contributed by atoms with van der Waals surface area (Å²) in [4.78, 5) is 13.4. The lowest BCUT2D eigenvalue weighted by atomic mass is 9.94. The monoisotopic (exact) mass is 280 g/mol. The van der Waals surface area contributed by atoms with Gasteiger partial charge < -0.3 is 10.6 Å². The van der Waals surface area contributed by atoms with E-state index in [2.05, 4.69) is 37.3 Å². The number of carbonyl (C=O) groups excluding carboxylic acids is 1. The maximum atomic E-state index is 11.5. The second-order valence-corrected chi connectivity index (χ2v) is 5.74. The molecule has 1 aliphatic rings. The molecule has 0 aromatic heterocycles. The molecule has 0 aliphatic carbocycles. The van der Waals surface area contributed by atoms with E-state index in [0.29, 0.717) is 13.1 Å². The SMILES string of the molecule is CC(=O)N1Cc2ccc(C(N)c3ccccc3C)cc2C1. The van der Waals surface area contributed by atoms with Gasteiger partial charge in [0.2, 0.25) is 5.91 Å². The van der Waals surface area contributed by atoms with Crippen molar-refractivity contribution in [1.82, 2.24) is 4.90 Å². The summed E-state index contributed by atoms with van der Waals surface area (Å²) in [5.74, 6) is 0.121. The first-order valence-electron chi connectivity index (χ1n) is 7.24. The minimum atomic E-state index is -0.122. The molecule has 1 unspecified atom stereocenters. The summed E-state index contributed by atoms with van der Waals surface area (Å²) in [6.45, 7) is 5.11. The molecule has 0 saturated heterocycles. The van der Waals surface area contributed by atoms with Crippen LogP contribution in [0.25, 0.3) is 0 Å². The summed E-state index contributed by atoms with van der Waals surface area (Å²) in [7, 11) is 0. The molecule has 0 bridgehead atoms. The van der Waals surface area contributed by atoms with E-state index < -0.39 is 0 Å².